The predicted octanol–water partition coefficient (Wildman–Crippen LogP) is 5.20. The molecule has 0 aliphatic carbocycles. The maximum Gasteiger partial charge on any atom is 0.260 e. The summed E-state index contributed by atoms with van der Waals surface area (Å²) in [6, 6.07) is 16.7. The normalized spacial score (nSPS) is 13.0. The molecule has 4 rings (SSSR count). The van der Waals surface area contributed by atoms with Crippen LogP contribution in [0.3, 0.4) is 0 Å². The van der Waals surface area contributed by atoms with Gasteiger partial charge in [-0.15, -0.1) is 0 Å². The van der Waals surface area contributed by atoms with Gasteiger partial charge in [-0.25, -0.2) is 4.98 Å². The van der Waals surface area contributed by atoms with Crippen LogP contribution in [-0.2, 0) is 0 Å². The van der Waals surface area contributed by atoms with Gasteiger partial charge in [0.1, 0.15) is 5.03 Å². The van der Waals surface area contributed by atoms with E-state index in [1.54, 1.807) is 30.3 Å². The third-order valence-corrected chi connectivity index (χ3v) is 6.00. The summed E-state index contributed by atoms with van der Waals surface area (Å²) in [6.07, 6.45) is 1.68. The largest absolute Gasteiger partial charge is 0.322 e. The molecule has 1 N–H and O–H groups in total. The molecule has 1 aliphatic rings. The SMILES string of the molecule is CC(C)c1ccc(C(=O)Nc2ccc3c(c2)Sc2ncccc2C(=O)N3C)cc1. The number of hydrogen-bond acceptors (Lipinski definition) is 4. The number of rotatable bonds is 3. The number of carbonyl (C=O) groups is 2. The van der Waals surface area contributed by atoms with E-state index in [0.717, 1.165) is 10.6 Å². The van der Waals surface area contributed by atoms with Crippen molar-refractivity contribution in [2.75, 3.05) is 17.3 Å². The van der Waals surface area contributed by atoms with Gasteiger partial charge in [0.2, 0.25) is 0 Å². The number of benzene rings is 2. The quantitative estimate of drug-likeness (QED) is 0.653. The highest BCUT2D eigenvalue weighted by atomic mass is 32.2. The van der Waals surface area contributed by atoms with Gasteiger partial charge < -0.3 is 10.2 Å². The Hall–Kier alpha value is -3.12. The van der Waals surface area contributed by atoms with Gasteiger partial charge in [0.05, 0.1) is 11.3 Å². The zero-order valence-corrected chi connectivity index (χ0v) is 17.3. The molecule has 5 nitrogen and oxygen atoms in total. The molecule has 0 spiro atoms. The molecule has 0 fully saturated rings. The van der Waals surface area contributed by atoms with Gasteiger partial charge in [0, 0.05) is 29.4 Å². The maximum atomic E-state index is 12.7. The van der Waals surface area contributed by atoms with Crippen molar-refractivity contribution in [3.05, 3.63) is 77.5 Å². The van der Waals surface area contributed by atoms with Crippen LogP contribution in [0, 0.1) is 0 Å². The number of aromatic nitrogens is 1. The number of nitrogens with one attached hydrogen (secondary N) is 1. The minimum absolute atomic E-state index is 0.0959. The third kappa shape index (κ3) is 3.76. The molecule has 2 heterocycles. The molecule has 146 valence electrons. The molecule has 6 heteroatoms. The summed E-state index contributed by atoms with van der Waals surface area (Å²) in [5.41, 5.74) is 3.84. The minimum atomic E-state index is -0.165. The van der Waals surface area contributed by atoms with Gasteiger partial charge in [0.15, 0.2) is 0 Å². The number of nitrogens with zero attached hydrogens (tertiary/aromatic N) is 2. The summed E-state index contributed by atoms with van der Waals surface area (Å²) in [4.78, 5) is 32.2. The molecule has 0 unspecified atom stereocenters. The standard InChI is InChI=1S/C23H21N3O2S/c1-14(2)15-6-8-16(9-7-15)21(27)25-17-10-11-19-20(13-17)29-22-18(5-4-12-24-22)23(28)26(19)3/h4-14H,1-3H3,(H,25,27). The summed E-state index contributed by atoms with van der Waals surface area (Å²) in [5.74, 6) is 0.160. The van der Waals surface area contributed by atoms with Gasteiger partial charge in [-0.1, -0.05) is 37.7 Å². The molecule has 29 heavy (non-hydrogen) atoms. The number of amides is 2. The second-order valence-corrected chi connectivity index (χ2v) is 8.27. The van der Waals surface area contributed by atoms with E-state index in [2.05, 4.69) is 24.1 Å². The Morgan fingerprint density at radius 1 is 1.10 bits per heavy atom. The highest BCUT2D eigenvalue weighted by Gasteiger charge is 2.25. The Morgan fingerprint density at radius 2 is 1.86 bits per heavy atom. The summed E-state index contributed by atoms with van der Waals surface area (Å²) in [5, 5.41) is 3.61. The van der Waals surface area contributed by atoms with Crippen LogP contribution in [0.1, 0.15) is 46.0 Å². The second kappa shape index (κ2) is 7.72. The lowest BCUT2D eigenvalue weighted by atomic mass is 10.0. The molecule has 3 aromatic rings. The lowest BCUT2D eigenvalue weighted by Gasteiger charge is -2.18. The minimum Gasteiger partial charge on any atom is -0.322 e. The van der Waals surface area contributed by atoms with E-state index in [9.17, 15) is 9.59 Å². The highest BCUT2D eigenvalue weighted by Crippen LogP contribution is 2.41. The third-order valence-electron chi connectivity index (χ3n) is 4.93. The van der Waals surface area contributed by atoms with E-state index >= 15 is 0 Å². The topological polar surface area (TPSA) is 62.3 Å². The van der Waals surface area contributed by atoms with Crippen molar-refractivity contribution < 1.29 is 9.59 Å². The first-order valence-corrected chi connectivity index (χ1v) is 10.2. The summed E-state index contributed by atoms with van der Waals surface area (Å²) in [7, 11) is 1.75. The van der Waals surface area contributed by atoms with E-state index in [4.69, 9.17) is 0 Å². The summed E-state index contributed by atoms with van der Waals surface area (Å²) < 4.78 is 0. The van der Waals surface area contributed by atoms with Crippen molar-refractivity contribution in [2.45, 2.75) is 29.7 Å². The van der Waals surface area contributed by atoms with E-state index in [1.165, 1.54) is 17.3 Å². The van der Waals surface area contributed by atoms with Crippen molar-refractivity contribution >= 4 is 35.0 Å². The zero-order chi connectivity index (χ0) is 20.5. The van der Waals surface area contributed by atoms with Gasteiger partial charge >= 0.3 is 0 Å². The van der Waals surface area contributed by atoms with Crippen LogP contribution in [0.5, 0.6) is 0 Å². The number of fused-ring (bicyclic) bond motifs is 2. The predicted molar refractivity (Wildman–Crippen MR) is 116 cm³/mol. The fraction of sp³-hybridized carbons (Fsp3) is 0.174. The Morgan fingerprint density at radius 3 is 2.59 bits per heavy atom. The second-order valence-electron chi connectivity index (χ2n) is 7.24. The van der Waals surface area contributed by atoms with E-state index in [-0.39, 0.29) is 11.8 Å². The average Bonchev–Trinajstić information content (AvgIpc) is 2.83. The molecule has 0 radical (unpaired) electrons. The number of carbonyl (C=O) groups excluding carboxylic acids is 2. The number of anilines is 2. The van der Waals surface area contributed by atoms with Crippen LogP contribution in [-0.4, -0.2) is 23.8 Å². The van der Waals surface area contributed by atoms with Crippen molar-refractivity contribution in [1.82, 2.24) is 4.98 Å². The van der Waals surface area contributed by atoms with Crippen LogP contribution in [0.15, 0.2) is 70.7 Å². The lowest BCUT2D eigenvalue weighted by Crippen LogP contribution is -2.26. The van der Waals surface area contributed by atoms with Gasteiger partial charge in [0.25, 0.3) is 11.8 Å². The van der Waals surface area contributed by atoms with Crippen molar-refractivity contribution in [3.63, 3.8) is 0 Å². The fourth-order valence-electron chi connectivity index (χ4n) is 3.20. The van der Waals surface area contributed by atoms with Crippen LogP contribution >= 0.6 is 11.8 Å². The van der Waals surface area contributed by atoms with E-state index in [0.29, 0.717) is 27.8 Å². The van der Waals surface area contributed by atoms with Gasteiger partial charge in [-0.05, 0) is 53.9 Å². The van der Waals surface area contributed by atoms with Crippen molar-refractivity contribution in [3.8, 4) is 0 Å². The first-order chi connectivity index (χ1) is 13.9. The molecule has 2 aromatic carbocycles. The zero-order valence-electron chi connectivity index (χ0n) is 16.5. The first kappa shape index (κ1) is 19.2. The number of hydrogen-bond donors (Lipinski definition) is 1. The first-order valence-electron chi connectivity index (χ1n) is 9.40. The fourth-order valence-corrected chi connectivity index (χ4v) is 4.29. The summed E-state index contributed by atoms with van der Waals surface area (Å²) in [6.45, 7) is 4.24. The molecule has 1 aromatic heterocycles. The molecule has 2 amide bonds. The molecule has 1 aliphatic heterocycles. The highest BCUT2D eigenvalue weighted by molar-refractivity contribution is 7.99. The molecular formula is C23H21N3O2S. The van der Waals surface area contributed by atoms with Crippen molar-refractivity contribution in [1.29, 1.82) is 0 Å². The lowest BCUT2D eigenvalue weighted by molar-refractivity contribution is 0.0987. The van der Waals surface area contributed by atoms with Crippen LogP contribution in [0.25, 0.3) is 0 Å². The average molecular weight is 404 g/mol. The monoisotopic (exact) mass is 403 g/mol. The van der Waals surface area contributed by atoms with Crippen LogP contribution in [0.4, 0.5) is 11.4 Å². The molecule has 0 atom stereocenters. The Kier molecular flexibility index (Phi) is 5.11. The van der Waals surface area contributed by atoms with Crippen LogP contribution in [0.2, 0.25) is 0 Å². The molecule has 0 bridgehead atoms. The Balaban J connectivity index is 1.61. The Bertz CT molecular complexity index is 1090. The van der Waals surface area contributed by atoms with Crippen molar-refractivity contribution in [2.24, 2.45) is 0 Å². The van der Waals surface area contributed by atoms with Gasteiger partial charge in [-0.2, -0.15) is 0 Å². The van der Waals surface area contributed by atoms with E-state index < -0.39 is 0 Å². The van der Waals surface area contributed by atoms with Gasteiger partial charge in [-0.3, -0.25) is 9.59 Å². The molecule has 0 saturated carbocycles. The summed E-state index contributed by atoms with van der Waals surface area (Å²) >= 11 is 1.43. The van der Waals surface area contributed by atoms with E-state index in [1.807, 2.05) is 42.5 Å². The maximum absolute atomic E-state index is 12.7. The smallest absolute Gasteiger partial charge is 0.260 e. The molecule has 0 saturated heterocycles. The Labute approximate surface area is 174 Å². The molecular weight excluding hydrogens is 382 g/mol. The number of pyridine rings is 1. The van der Waals surface area contributed by atoms with Crippen LogP contribution < -0.4 is 10.2 Å².